The van der Waals surface area contributed by atoms with Crippen molar-refractivity contribution < 1.29 is 26.4 Å². The van der Waals surface area contributed by atoms with Gasteiger partial charge in [-0.15, -0.1) is 0 Å². The predicted octanol–water partition coefficient (Wildman–Crippen LogP) is 4.55. The normalized spacial score (nSPS) is 17.6. The van der Waals surface area contributed by atoms with Crippen LogP contribution in [0.1, 0.15) is 66.7 Å². The number of nitrogens with one attached hydrogen (secondary N) is 3. The maximum atomic E-state index is 14.8. The highest BCUT2D eigenvalue weighted by atomic mass is 32.2. The Bertz CT molecular complexity index is 1480. The van der Waals surface area contributed by atoms with Gasteiger partial charge >= 0.3 is 0 Å². The van der Waals surface area contributed by atoms with Crippen LogP contribution in [0.5, 0.6) is 0 Å². The maximum absolute atomic E-state index is 14.8. The summed E-state index contributed by atoms with van der Waals surface area (Å²) in [7, 11) is -4.33. The number of aromatic nitrogens is 2. The van der Waals surface area contributed by atoms with Gasteiger partial charge in [0.1, 0.15) is 17.5 Å². The maximum Gasteiger partial charge on any atom is 0.260 e. The van der Waals surface area contributed by atoms with Crippen molar-refractivity contribution >= 4 is 21.7 Å². The van der Waals surface area contributed by atoms with Gasteiger partial charge in [0.2, 0.25) is 10.0 Å². The third-order valence-corrected chi connectivity index (χ3v) is 9.32. The standard InChI is InChI=1S/C26H28F3N5O3S/c1-26(2)23-20(14-34(26)38(36,37)19-11-16(27)10-17(28)12-19)24(33-32-23)31-25(35)22-15(6-5-9-21(22)29)13-30-18-7-3-4-8-18/h5-6,9-12,18,30H,3-4,7-8,13-14H2,1-2H3,(H2,31,32,33,35). The second kappa shape index (κ2) is 9.83. The minimum absolute atomic E-state index is 0.0548. The van der Waals surface area contributed by atoms with Crippen molar-refractivity contribution in [2.24, 2.45) is 0 Å². The van der Waals surface area contributed by atoms with Gasteiger partial charge in [-0.25, -0.2) is 21.6 Å². The van der Waals surface area contributed by atoms with Crippen molar-refractivity contribution in [2.45, 2.75) is 69.1 Å². The summed E-state index contributed by atoms with van der Waals surface area (Å²) in [5.74, 6) is -3.38. The van der Waals surface area contributed by atoms with Gasteiger partial charge in [0.05, 0.1) is 21.7 Å². The highest BCUT2D eigenvalue weighted by Crippen LogP contribution is 2.44. The first-order valence-electron chi connectivity index (χ1n) is 12.4. The van der Waals surface area contributed by atoms with Crippen LogP contribution >= 0.6 is 0 Å². The lowest BCUT2D eigenvalue weighted by molar-refractivity contribution is 0.102. The van der Waals surface area contributed by atoms with Crippen LogP contribution in [0.15, 0.2) is 41.3 Å². The van der Waals surface area contributed by atoms with Gasteiger partial charge < -0.3 is 10.6 Å². The molecule has 2 aliphatic rings. The number of carbonyl (C=O) groups is 1. The fourth-order valence-electron chi connectivity index (χ4n) is 5.31. The summed E-state index contributed by atoms with van der Waals surface area (Å²) in [4.78, 5) is 12.7. The number of aromatic amines is 1. The molecular weight excluding hydrogens is 519 g/mol. The number of fused-ring (bicyclic) bond motifs is 1. The first-order chi connectivity index (χ1) is 18.0. The molecule has 0 saturated heterocycles. The van der Waals surface area contributed by atoms with Crippen LogP contribution in [0.25, 0.3) is 0 Å². The highest BCUT2D eigenvalue weighted by Gasteiger charge is 2.48. The number of H-pyrrole nitrogens is 1. The van der Waals surface area contributed by atoms with Crippen molar-refractivity contribution in [3.8, 4) is 0 Å². The molecule has 12 heteroatoms. The molecule has 38 heavy (non-hydrogen) atoms. The van der Waals surface area contributed by atoms with Crippen LogP contribution in [-0.2, 0) is 28.7 Å². The molecule has 0 unspecified atom stereocenters. The minimum atomic E-state index is -4.33. The molecule has 3 N–H and O–H groups in total. The molecule has 5 rings (SSSR count). The lowest BCUT2D eigenvalue weighted by Gasteiger charge is -2.30. The van der Waals surface area contributed by atoms with Crippen molar-refractivity contribution in [1.29, 1.82) is 0 Å². The van der Waals surface area contributed by atoms with Crippen molar-refractivity contribution in [3.05, 3.63) is 76.2 Å². The van der Waals surface area contributed by atoms with E-state index in [1.54, 1.807) is 26.0 Å². The number of carbonyl (C=O) groups excluding carboxylic acids is 1. The van der Waals surface area contributed by atoms with Crippen LogP contribution in [0.4, 0.5) is 19.0 Å². The third-order valence-electron chi connectivity index (χ3n) is 7.32. The van der Waals surface area contributed by atoms with Gasteiger partial charge in [-0.2, -0.15) is 9.40 Å². The molecule has 0 spiro atoms. The molecule has 0 atom stereocenters. The summed E-state index contributed by atoms with van der Waals surface area (Å²) in [6.07, 6.45) is 4.34. The fraction of sp³-hybridized carbons (Fsp3) is 0.385. The number of sulfonamides is 1. The van der Waals surface area contributed by atoms with E-state index >= 15 is 0 Å². The lowest BCUT2D eigenvalue weighted by atomic mass is 10.0. The predicted molar refractivity (Wildman–Crippen MR) is 134 cm³/mol. The monoisotopic (exact) mass is 547 g/mol. The summed E-state index contributed by atoms with van der Waals surface area (Å²) < 4.78 is 70.2. The van der Waals surface area contributed by atoms with Crippen LogP contribution in [0.3, 0.4) is 0 Å². The summed E-state index contributed by atoms with van der Waals surface area (Å²) >= 11 is 0. The molecule has 1 saturated carbocycles. The van der Waals surface area contributed by atoms with Crippen LogP contribution in [0.2, 0.25) is 0 Å². The van der Waals surface area contributed by atoms with Crippen LogP contribution in [-0.4, -0.2) is 34.9 Å². The molecule has 2 aromatic carbocycles. The second-order valence-corrected chi connectivity index (χ2v) is 12.1. The van der Waals surface area contributed by atoms with E-state index < -0.39 is 43.8 Å². The van der Waals surface area contributed by atoms with Gasteiger partial charge in [-0.1, -0.05) is 25.0 Å². The van der Waals surface area contributed by atoms with Crippen molar-refractivity contribution in [2.75, 3.05) is 5.32 Å². The van der Waals surface area contributed by atoms with Crippen molar-refractivity contribution in [3.63, 3.8) is 0 Å². The zero-order valence-electron chi connectivity index (χ0n) is 20.9. The molecule has 1 fully saturated rings. The topological polar surface area (TPSA) is 107 Å². The SMILES string of the molecule is CC1(C)c2[nH]nc(NC(=O)c3c(F)cccc3CNC3CCCC3)c2CN1S(=O)(=O)c1cc(F)cc(F)c1. The van der Waals surface area contributed by atoms with E-state index in [1.165, 1.54) is 6.07 Å². The van der Waals surface area contributed by atoms with Gasteiger partial charge in [0.15, 0.2) is 5.82 Å². The molecule has 0 radical (unpaired) electrons. The average Bonchev–Trinajstić information content (AvgIpc) is 3.56. The fourth-order valence-corrected chi connectivity index (χ4v) is 7.08. The van der Waals surface area contributed by atoms with E-state index in [4.69, 9.17) is 0 Å². The Labute approximate surface area is 218 Å². The Morgan fingerprint density at radius 2 is 1.82 bits per heavy atom. The number of anilines is 1. The van der Waals surface area contributed by atoms with Gasteiger partial charge in [0, 0.05) is 30.8 Å². The molecular formula is C26H28F3N5O3S. The second-order valence-electron chi connectivity index (χ2n) is 10.2. The van der Waals surface area contributed by atoms with Crippen molar-refractivity contribution in [1.82, 2.24) is 19.8 Å². The van der Waals surface area contributed by atoms with E-state index in [9.17, 15) is 26.4 Å². The summed E-state index contributed by atoms with van der Waals surface area (Å²) in [6.45, 7) is 3.33. The van der Waals surface area contributed by atoms with Crippen LogP contribution in [0, 0.1) is 17.5 Å². The Morgan fingerprint density at radius 1 is 1.13 bits per heavy atom. The van der Waals surface area contributed by atoms with E-state index in [1.807, 2.05) is 0 Å². The van der Waals surface area contributed by atoms with Gasteiger partial charge in [0.25, 0.3) is 5.91 Å². The molecule has 0 bridgehead atoms. The molecule has 1 aromatic heterocycles. The number of rotatable bonds is 7. The number of halogens is 3. The van der Waals surface area contributed by atoms with Gasteiger partial charge in [-0.3, -0.25) is 9.89 Å². The smallest absolute Gasteiger partial charge is 0.260 e. The molecule has 2 heterocycles. The van der Waals surface area contributed by atoms with E-state index in [2.05, 4.69) is 20.8 Å². The zero-order chi connectivity index (χ0) is 27.2. The van der Waals surface area contributed by atoms with Crippen LogP contribution < -0.4 is 10.6 Å². The summed E-state index contributed by atoms with van der Waals surface area (Å²) in [5, 5.41) is 12.9. The zero-order valence-corrected chi connectivity index (χ0v) is 21.8. The Kier molecular flexibility index (Phi) is 6.82. The number of amides is 1. The summed E-state index contributed by atoms with van der Waals surface area (Å²) in [5.41, 5.74) is -0.0111. The molecule has 1 aliphatic carbocycles. The molecule has 8 nitrogen and oxygen atoms in total. The number of hydrogen-bond acceptors (Lipinski definition) is 5. The molecule has 1 amide bonds. The molecule has 202 valence electrons. The average molecular weight is 548 g/mol. The first kappa shape index (κ1) is 26.4. The Balaban J connectivity index is 1.40. The van der Waals surface area contributed by atoms with E-state index in [0.717, 1.165) is 42.1 Å². The van der Waals surface area contributed by atoms with E-state index in [0.29, 0.717) is 35.5 Å². The minimum Gasteiger partial charge on any atom is -0.310 e. The summed E-state index contributed by atoms with van der Waals surface area (Å²) in [6, 6.07) is 6.86. The third kappa shape index (κ3) is 4.72. The largest absolute Gasteiger partial charge is 0.310 e. The number of benzene rings is 2. The molecule has 3 aromatic rings. The number of hydrogen-bond donors (Lipinski definition) is 3. The van der Waals surface area contributed by atoms with E-state index in [-0.39, 0.29) is 17.9 Å². The first-order valence-corrected chi connectivity index (χ1v) is 13.8. The highest BCUT2D eigenvalue weighted by molar-refractivity contribution is 7.89. The molecule has 1 aliphatic heterocycles. The Morgan fingerprint density at radius 3 is 2.50 bits per heavy atom. The van der Waals surface area contributed by atoms with Gasteiger partial charge in [-0.05, 0) is 50.5 Å². The quantitative estimate of drug-likeness (QED) is 0.402. The number of nitrogens with zero attached hydrogens (tertiary/aromatic N) is 2. The lowest BCUT2D eigenvalue weighted by Crippen LogP contribution is -2.40. The Hall–Kier alpha value is -3.22.